The largest absolute Gasteiger partial charge is 0.493 e. The van der Waals surface area contributed by atoms with Gasteiger partial charge in [-0.25, -0.2) is 0 Å². The van der Waals surface area contributed by atoms with Gasteiger partial charge in [0.15, 0.2) is 0 Å². The van der Waals surface area contributed by atoms with E-state index in [1.807, 2.05) is 0 Å². The molecule has 18 heavy (non-hydrogen) atoms. The van der Waals surface area contributed by atoms with Crippen LogP contribution >= 0.6 is 0 Å². The lowest BCUT2D eigenvalue weighted by Gasteiger charge is -2.24. The SMILES string of the molecule is CC(C)(C)COc1cc(C(C)(C)C)ccc1CN. The summed E-state index contributed by atoms with van der Waals surface area (Å²) in [4.78, 5) is 0. The summed E-state index contributed by atoms with van der Waals surface area (Å²) >= 11 is 0. The fraction of sp³-hybridized carbons (Fsp3) is 0.625. The van der Waals surface area contributed by atoms with E-state index in [-0.39, 0.29) is 10.8 Å². The monoisotopic (exact) mass is 249 g/mol. The van der Waals surface area contributed by atoms with E-state index in [1.54, 1.807) is 0 Å². The normalized spacial score (nSPS) is 12.6. The van der Waals surface area contributed by atoms with Gasteiger partial charge >= 0.3 is 0 Å². The minimum Gasteiger partial charge on any atom is -0.493 e. The van der Waals surface area contributed by atoms with Crippen LogP contribution in [0, 0.1) is 5.41 Å². The average molecular weight is 249 g/mol. The van der Waals surface area contributed by atoms with Crippen molar-refractivity contribution in [3.63, 3.8) is 0 Å². The van der Waals surface area contributed by atoms with Crippen LogP contribution in [0.3, 0.4) is 0 Å². The summed E-state index contributed by atoms with van der Waals surface area (Å²) in [5.74, 6) is 0.930. The molecule has 0 unspecified atom stereocenters. The zero-order valence-corrected chi connectivity index (χ0v) is 12.6. The summed E-state index contributed by atoms with van der Waals surface area (Å²) in [6, 6.07) is 6.36. The van der Waals surface area contributed by atoms with Crippen molar-refractivity contribution >= 4 is 0 Å². The van der Waals surface area contributed by atoms with Crippen LogP contribution in [-0.2, 0) is 12.0 Å². The third-order valence-corrected chi connectivity index (χ3v) is 2.81. The number of rotatable bonds is 3. The number of hydrogen-bond donors (Lipinski definition) is 1. The van der Waals surface area contributed by atoms with Crippen LogP contribution in [0.1, 0.15) is 52.7 Å². The highest BCUT2D eigenvalue weighted by atomic mass is 16.5. The molecule has 2 heteroatoms. The molecule has 2 nitrogen and oxygen atoms in total. The van der Waals surface area contributed by atoms with Gasteiger partial charge in [0.25, 0.3) is 0 Å². The van der Waals surface area contributed by atoms with Crippen LogP contribution in [0.4, 0.5) is 0 Å². The van der Waals surface area contributed by atoms with E-state index < -0.39 is 0 Å². The first kappa shape index (κ1) is 15.0. The zero-order valence-electron chi connectivity index (χ0n) is 12.6. The van der Waals surface area contributed by atoms with Crippen LogP contribution in [0.25, 0.3) is 0 Å². The van der Waals surface area contributed by atoms with Gasteiger partial charge in [-0.3, -0.25) is 0 Å². The molecule has 2 N–H and O–H groups in total. The lowest BCUT2D eigenvalue weighted by molar-refractivity contribution is 0.196. The molecular formula is C16H27NO. The van der Waals surface area contributed by atoms with E-state index in [1.165, 1.54) is 5.56 Å². The highest BCUT2D eigenvalue weighted by molar-refractivity contribution is 5.40. The lowest BCUT2D eigenvalue weighted by Crippen LogP contribution is -2.19. The second-order valence-corrected chi connectivity index (χ2v) is 7.13. The lowest BCUT2D eigenvalue weighted by atomic mass is 9.86. The fourth-order valence-corrected chi connectivity index (χ4v) is 1.62. The van der Waals surface area contributed by atoms with Crippen molar-refractivity contribution in [3.05, 3.63) is 29.3 Å². The molecule has 0 saturated heterocycles. The van der Waals surface area contributed by atoms with Crippen molar-refractivity contribution in [2.75, 3.05) is 6.61 Å². The molecule has 0 bridgehead atoms. The van der Waals surface area contributed by atoms with Gasteiger partial charge in [-0.15, -0.1) is 0 Å². The number of hydrogen-bond acceptors (Lipinski definition) is 2. The van der Waals surface area contributed by atoms with Crippen molar-refractivity contribution in [3.8, 4) is 5.75 Å². The molecule has 0 amide bonds. The Bertz CT molecular complexity index is 397. The Labute approximate surface area is 112 Å². The van der Waals surface area contributed by atoms with E-state index in [4.69, 9.17) is 10.5 Å². The number of ether oxygens (including phenoxy) is 1. The van der Waals surface area contributed by atoms with Gasteiger partial charge in [0, 0.05) is 12.1 Å². The van der Waals surface area contributed by atoms with Gasteiger partial charge in [0.2, 0.25) is 0 Å². The molecule has 0 fully saturated rings. The highest BCUT2D eigenvalue weighted by Gasteiger charge is 2.17. The number of benzene rings is 1. The summed E-state index contributed by atoms with van der Waals surface area (Å²) in [5, 5.41) is 0. The molecule has 0 heterocycles. The molecular weight excluding hydrogens is 222 g/mol. The Morgan fingerprint density at radius 2 is 1.67 bits per heavy atom. The second-order valence-electron chi connectivity index (χ2n) is 7.13. The maximum atomic E-state index is 5.95. The topological polar surface area (TPSA) is 35.2 Å². The minimum absolute atomic E-state index is 0.132. The standard InChI is InChI=1S/C16H27NO/c1-15(2,3)11-18-14-9-13(16(4,5)6)8-7-12(14)10-17/h7-9H,10-11,17H2,1-6H3. The van der Waals surface area contributed by atoms with Gasteiger partial charge in [0.1, 0.15) is 5.75 Å². The molecule has 0 aliphatic rings. The molecule has 1 rings (SSSR count). The molecule has 0 atom stereocenters. The quantitative estimate of drug-likeness (QED) is 0.882. The van der Waals surface area contributed by atoms with E-state index in [2.05, 4.69) is 59.7 Å². The Morgan fingerprint density at radius 3 is 2.11 bits per heavy atom. The molecule has 0 spiro atoms. The molecule has 102 valence electrons. The predicted molar refractivity (Wildman–Crippen MR) is 78.0 cm³/mol. The van der Waals surface area contributed by atoms with Gasteiger partial charge in [0.05, 0.1) is 6.61 Å². The first-order valence-corrected chi connectivity index (χ1v) is 6.60. The highest BCUT2D eigenvalue weighted by Crippen LogP contribution is 2.29. The second kappa shape index (κ2) is 5.31. The van der Waals surface area contributed by atoms with E-state index in [0.717, 1.165) is 11.3 Å². The molecule has 0 aromatic heterocycles. The van der Waals surface area contributed by atoms with Crippen molar-refractivity contribution in [2.45, 2.75) is 53.5 Å². The van der Waals surface area contributed by atoms with Crippen LogP contribution < -0.4 is 10.5 Å². The molecule has 0 aliphatic heterocycles. The van der Waals surface area contributed by atoms with Gasteiger partial charge in [-0.05, 0) is 22.5 Å². The zero-order chi connectivity index (χ0) is 14.0. The molecule has 0 radical (unpaired) electrons. The van der Waals surface area contributed by atoms with Crippen LogP contribution in [0.5, 0.6) is 5.75 Å². The Morgan fingerprint density at radius 1 is 1.06 bits per heavy atom. The first-order chi connectivity index (χ1) is 8.13. The van der Waals surface area contributed by atoms with E-state index in [9.17, 15) is 0 Å². The van der Waals surface area contributed by atoms with Crippen molar-refractivity contribution < 1.29 is 4.74 Å². The van der Waals surface area contributed by atoms with Gasteiger partial charge < -0.3 is 10.5 Å². The molecule has 0 saturated carbocycles. The Hall–Kier alpha value is -1.02. The minimum atomic E-state index is 0.132. The Balaban J connectivity index is 3.00. The summed E-state index contributed by atoms with van der Waals surface area (Å²) in [6.07, 6.45) is 0. The molecule has 1 aromatic carbocycles. The summed E-state index contributed by atoms with van der Waals surface area (Å²) in [5.41, 5.74) is 8.41. The molecule has 1 aromatic rings. The third kappa shape index (κ3) is 4.34. The Kier molecular flexibility index (Phi) is 4.44. The summed E-state index contributed by atoms with van der Waals surface area (Å²) in [6.45, 7) is 14.3. The van der Waals surface area contributed by atoms with Gasteiger partial charge in [-0.2, -0.15) is 0 Å². The summed E-state index contributed by atoms with van der Waals surface area (Å²) in [7, 11) is 0. The average Bonchev–Trinajstić information content (AvgIpc) is 2.23. The van der Waals surface area contributed by atoms with Crippen molar-refractivity contribution in [2.24, 2.45) is 11.1 Å². The van der Waals surface area contributed by atoms with Crippen LogP contribution in [0.15, 0.2) is 18.2 Å². The van der Waals surface area contributed by atoms with Gasteiger partial charge in [-0.1, -0.05) is 53.7 Å². The number of nitrogens with two attached hydrogens (primary N) is 1. The maximum absolute atomic E-state index is 5.95. The van der Waals surface area contributed by atoms with Crippen LogP contribution in [0.2, 0.25) is 0 Å². The van der Waals surface area contributed by atoms with Crippen molar-refractivity contribution in [1.82, 2.24) is 0 Å². The predicted octanol–water partition coefficient (Wildman–Crippen LogP) is 3.87. The third-order valence-electron chi connectivity index (χ3n) is 2.81. The van der Waals surface area contributed by atoms with E-state index in [0.29, 0.717) is 13.2 Å². The fourth-order valence-electron chi connectivity index (χ4n) is 1.62. The molecule has 0 aliphatic carbocycles. The van der Waals surface area contributed by atoms with Crippen LogP contribution in [-0.4, -0.2) is 6.61 Å². The van der Waals surface area contributed by atoms with Crippen molar-refractivity contribution in [1.29, 1.82) is 0 Å². The van der Waals surface area contributed by atoms with E-state index >= 15 is 0 Å². The summed E-state index contributed by atoms with van der Waals surface area (Å²) < 4.78 is 5.95. The maximum Gasteiger partial charge on any atom is 0.124 e. The first-order valence-electron chi connectivity index (χ1n) is 6.60. The smallest absolute Gasteiger partial charge is 0.124 e.